The molecule has 2 heterocycles. The first-order valence-corrected chi connectivity index (χ1v) is 7.99. The van der Waals surface area contributed by atoms with E-state index in [0.29, 0.717) is 31.6 Å². The van der Waals surface area contributed by atoms with Crippen molar-refractivity contribution in [1.82, 2.24) is 4.98 Å². The molecule has 23 heavy (non-hydrogen) atoms. The van der Waals surface area contributed by atoms with Gasteiger partial charge in [-0.25, -0.2) is 4.98 Å². The Balaban J connectivity index is 1.62. The number of aromatic nitrogens is 1. The number of nitrogens with zero attached hydrogens (tertiary/aromatic N) is 2. The van der Waals surface area contributed by atoms with Crippen LogP contribution in [0.25, 0.3) is 0 Å². The second-order valence-electron chi connectivity index (χ2n) is 5.57. The van der Waals surface area contributed by atoms with Gasteiger partial charge in [0, 0.05) is 11.3 Å². The fourth-order valence-corrected chi connectivity index (χ4v) is 2.76. The van der Waals surface area contributed by atoms with Gasteiger partial charge in [0.05, 0.1) is 38.2 Å². The summed E-state index contributed by atoms with van der Waals surface area (Å²) >= 11 is 6.03. The summed E-state index contributed by atoms with van der Waals surface area (Å²) in [7, 11) is 0. The van der Waals surface area contributed by atoms with Crippen LogP contribution in [0.1, 0.15) is 16.8 Å². The predicted molar refractivity (Wildman–Crippen MR) is 91.2 cm³/mol. The first-order chi connectivity index (χ1) is 11.2. The van der Waals surface area contributed by atoms with Gasteiger partial charge in [0.15, 0.2) is 0 Å². The maximum absolute atomic E-state index is 6.03. The van der Waals surface area contributed by atoms with E-state index < -0.39 is 0 Å². The van der Waals surface area contributed by atoms with Crippen LogP contribution in [0.5, 0.6) is 0 Å². The van der Waals surface area contributed by atoms with E-state index in [1.807, 2.05) is 49.4 Å². The standard InChI is InChI=1S/C18H19ClN2O2/c1-13-7-15(8-18(19)20-13)17-12-23-11-16(21-17)10-22-9-14-5-3-2-4-6-14/h2-8,16H,9-12H2,1H3. The van der Waals surface area contributed by atoms with E-state index in [9.17, 15) is 0 Å². The molecule has 0 aliphatic carbocycles. The minimum absolute atomic E-state index is 0.00899. The van der Waals surface area contributed by atoms with Crippen molar-refractivity contribution in [3.63, 3.8) is 0 Å². The molecule has 5 heteroatoms. The second kappa shape index (κ2) is 7.68. The van der Waals surface area contributed by atoms with Crippen LogP contribution < -0.4 is 0 Å². The Morgan fingerprint density at radius 2 is 2.09 bits per heavy atom. The molecule has 3 rings (SSSR count). The van der Waals surface area contributed by atoms with Gasteiger partial charge in [-0.05, 0) is 24.6 Å². The van der Waals surface area contributed by atoms with Crippen LogP contribution in [-0.4, -0.2) is 36.6 Å². The quantitative estimate of drug-likeness (QED) is 0.789. The molecule has 0 saturated heterocycles. The summed E-state index contributed by atoms with van der Waals surface area (Å²) in [5.74, 6) is 0. The normalized spacial score (nSPS) is 17.8. The SMILES string of the molecule is Cc1cc(C2=NC(COCc3ccccc3)COC2)cc(Cl)n1. The maximum atomic E-state index is 6.03. The van der Waals surface area contributed by atoms with E-state index >= 15 is 0 Å². The van der Waals surface area contributed by atoms with Crippen molar-refractivity contribution in [3.05, 3.63) is 64.4 Å². The Morgan fingerprint density at radius 1 is 1.26 bits per heavy atom. The van der Waals surface area contributed by atoms with Gasteiger partial charge in [-0.1, -0.05) is 41.9 Å². The van der Waals surface area contributed by atoms with E-state index in [2.05, 4.69) is 4.98 Å². The lowest BCUT2D eigenvalue weighted by Crippen LogP contribution is -2.30. The zero-order valence-corrected chi connectivity index (χ0v) is 13.8. The number of pyridine rings is 1. The molecule has 120 valence electrons. The number of halogens is 1. The number of ether oxygens (including phenoxy) is 2. The highest BCUT2D eigenvalue weighted by Crippen LogP contribution is 2.15. The molecule has 0 fully saturated rings. The van der Waals surface area contributed by atoms with Crippen molar-refractivity contribution < 1.29 is 9.47 Å². The molecule has 0 saturated carbocycles. The largest absolute Gasteiger partial charge is 0.374 e. The molecule has 2 aromatic rings. The smallest absolute Gasteiger partial charge is 0.129 e. The minimum atomic E-state index is 0.00899. The molecule has 0 amide bonds. The number of benzene rings is 1. The Kier molecular flexibility index (Phi) is 5.39. The third kappa shape index (κ3) is 4.61. The lowest BCUT2D eigenvalue weighted by atomic mass is 10.1. The zero-order valence-electron chi connectivity index (χ0n) is 13.0. The molecule has 1 aliphatic rings. The Morgan fingerprint density at radius 3 is 2.87 bits per heavy atom. The Bertz CT molecular complexity index is 668. The van der Waals surface area contributed by atoms with Gasteiger partial charge >= 0.3 is 0 Å². The summed E-state index contributed by atoms with van der Waals surface area (Å²) in [5.41, 5.74) is 3.90. The number of aliphatic imine (C=N–C) groups is 1. The molecule has 0 N–H and O–H groups in total. The molecule has 1 aliphatic heterocycles. The van der Waals surface area contributed by atoms with Crippen LogP contribution >= 0.6 is 11.6 Å². The maximum Gasteiger partial charge on any atom is 0.129 e. The van der Waals surface area contributed by atoms with E-state index in [4.69, 9.17) is 26.1 Å². The van der Waals surface area contributed by atoms with Crippen molar-refractivity contribution >= 4 is 17.3 Å². The first-order valence-electron chi connectivity index (χ1n) is 7.61. The minimum Gasteiger partial charge on any atom is -0.374 e. The van der Waals surface area contributed by atoms with Gasteiger partial charge in [0.2, 0.25) is 0 Å². The van der Waals surface area contributed by atoms with Crippen molar-refractivity contribution in [3.8, 4) is 0 Å². The lowest BCUT2D eigenvalue weighted by Gasteiger charge is -2.21. The molecule has 1 unspecified atom stereocenters. The third-order valence-corrected chi connectivity index (χ3v) is 3.76. The van der Waals surface area contributed by atoms with Gasteiger partial charge in [-0.3, -0.25) is 4.99 Å². The summed E-state index contributed by atoms with van der Waals surface area (Å²) in [5, 5.41) is 0.477. The third-order valence-electron chi connectivity index (χ3n) is 3.56. The Hall–Kier alpha value is -1.75. The van der Waals surface area contributed by atoms with Crippen LogP contribution in [0.4, 0.5) is 0 Å². The summed E-state index contributed by atoms with van der Waals surface area (Å²) in [6.45, 7) is 4.11. The van der Waals surface area contributed by atoms with Crippen LogP contribution in [0, 0.1) is 6.92 Å². The van der Waals surface area contributed by atoms with E-state index in [1.54, 1.807) is 0 Å². The van der Waals surface area contributed by atoms with Crippen LogP contribution in [0.15, 0.2) is 47.5 Å². The lowest BCUT2D eigenvalue weighted by molar-refractivity contribution is 0.0657. The van der Waals surface area contributed by atoms with Crippen LogP contribution in [0.3, 0.4) is 0 Å². The number of aryl methyl sites for hydroxylation is 1. The molecule has 0 spiro atoms. The van der Waals surface area contributed by atoms with Crippen molar-refractivity contribution in [1.29, 1.82) is 0 Å². The monoisotopic (exact) mass is 330 g/mol. The van der Waals surface area contributed by atoms with Crippen molar-refractivity contribution in [2.75, 3.05) is 19.8 Å². The van der Waals surface area contributed by atoms with Crippen molar-refractivity contribution in [2.24, 2.45) is 4.99 Å². The Labute approximate surface area is 141 Å². The highest BCUT2D eigenvalue weighted by atomic mass is 35.5. The van der Waals surface area contributed by atoms with Crippen molar-refractivity contribution in [2.45, 2.75) is 19.6 Å². The zero-order chi connectivity index (χ0) is 16.1. The highest BCUT2D eigenvalue weighted by Gasteiger charge is 2.17. The first kappa shape index (κ1) is 16.1. The van der Waals surface area contributed by atoms with E-state index in [-0.39, 0.29) is 6.04 Å². The van der Waals surface area contributed by atoms with Gasteiger partial charge in [-0.2, -0.15) is 0 Å². The van der Waals surface area contributed by atoms with Gasteiger partial charge in [0.1, 0.15) is 5.15 Å². The topological polar surface area (TPSA) is 43.7 Å². The van der Waals surface area contributed by atoms with Crippen LogP contribution in [-0.2, 0) is 16.1 Å². The summed E-state index contributed by atoms with van der Waals surface area (Å²) in [6.07, 6.45) is 0. The summed E-state index contributed by atoms with van der Waals surface area (Å²) in [6, 6.07) is 13.9. The van der Waals surface area contributed by atoms with E-state index in [1.165, 1.54) is 0 Å². The molecule has 1 aromatic heterocycles. The highest BCUT2D eigenvalue weighted by molar-refractivity contribution is 6.29. The number of rotatable bonds is 5. The molecule has 0 bridgehead atoms. The molecular formula is C18H19ClN2O2. The summed E-state index contributed by atoms with van der Waals surface area (Å²) < 4.78 is 11.4. The fourth-order valence-electron chi connectivity index (χ4n) is 2.51. The van der Waals surface area contributed by atoms with Crippen LogP contribution in [0.2, 0.25) is 5.15 Å². The molecule has 4 nitrogen and oxygen atoms in total. The average molecular weight is 331 g/mol. The molecule has 1 atom stereocenters. The second-order valence-corrected chi connectivity index (χ2v) is 5.95. The number of hydrogen-bond acceptors (Lipinski definition) is 4. The van der Waals surface area contributed by atoms with Gasteiger partial charge in [-0.15, -0.1) is 0 Å². The summed E-state index contributed by atoms with van der Waals surface area (Å²) in [4.78, 5) is 8.92. The molecule has 0 radical (unpaired) electrons. The van der Waals surface area contributed by atoms with Gasteiger partial charge in [0.25, 0.3) is 0 Å². The van der Waals surface area contributed by atoms with Gasteiger partial charge < -0.3 is 9.47 Å². The molecule has 1 aromatic carbocycles. The number of hydrogen-bond donors (Lipinski definition) is 0. The van der Waals surface area contributed by atoms with E-state index in [0.717, 1.165) is 22.5 Å². The predicted octanol–water partition coefficient (Wildman–Crippen LogP) is 3.45. The molecular weight excluding hydrogens is 312 g/mol. The average Bonchev–Trinajstić information content (AvgIpc) is 2.55. The fraction of sp³-hybridized carbons (Fsp3) is 0.333.